The van der Waals surface area contributed by atoms with Crippen molar-refractivity contribution in [1.29, 1.82) is 5.26 Å². The molecule has 0 radical (unpaired) electrons. The predicted molar refractivity (Wildman–Crippen MR) is 61.6 cm³/mol. The van der Waals surface area contributed by atoms with Gasteiger partial charge in [-0.2, -0.15) is 5.26 Å². The summed E-state index contributed by atoms with van der Waals surface area (Å²) in [5, 5.41) is 8.84. The van der Waals surface area contributed by atoms with Crippen molar-refractivity contribution in [2.45, 2.75) is 18.9 Å². The standard InChI is InChI=1S/C13H16N2O/c14-9-10-2-1-3-12(8-10)13(15)11-4-6-16-7-5-11/h1-3,8,11,13H,4-7,15H2/t13-/m0/s1. The highest BCUT2D eigenvalue weighted by molar-refractivity contribution is 5.34. The molecule has 16 heavy (non-hydrogen) atoms. The van der Waals surface area contributed by atoms with Crippen LogP contribution in [0, 0.1) is 17.2 Å². The van der Waals surface area contributed by atoms with Crippen molar-refractivity contribution in [2.24, 2.45) is 11.7 Å². The topological polar surface area (TPSA) is 59.0 Å². The highest BCUT2D eigenvalue weighted by Crippen LogP contribution is 2.28. The maximum atomic E-state index is 8.84. The summed E-state index contributed by atoms with van der Waals surface area (Å²) in [5.74, 6) is 0.475. The lowest BCUT2D eigenvalue weighted by Crippen LogP contribution is -2.27. The second kappa shape index (κ2) is 5.11. The Labute approximate surface area is 95.8 Å². The van der Waals surface area contributed by atoms with E-state index in [0.717, 1.165) is 31.6 Å². The van der Waals surface area contributed by atoms with E-state index in [1.54, 1.807) is 6.07 Å². The van der Waals surface area contributed by atoms with Gasteiger partial charge in [0.05, 0.1) is 11.6 Å². The number of nitrogens with two attached hydrogens (primary N) is 1. The minimum atomic E-state index is 0.0252. The SMILES string of the molecule is N#Cc1cccc([C@@H](N)C2CCOCC2)c1. The molecule has 0 aromatic heterocycles. The van der Waals surface area contributed by atoms with Crippen LogP contribution in [0.1, 0.15) is 30.0 Å². The Morgan fingerprint density at radius 1 is 1.38 bits per heavy atom. The molecule has 2 N–H and O–H groups in total. The van der Waals surface area contributed by atoms with Crippen LogP contribution in [-0.4, -0.2) is 13.2 Å². The van der Waals surface area contributed by atoms with E-state index in [9.17, 15) is 0 Å². The number of hydrogen-bond donors (Lipinski definition) is 1. The average molecular weight is 216 g/mol. The summed E-state index contributed by atoms with van der Waals surface area (Å²) < 4.78 is 5.32. The summed E-state index contributed by atoms with van der Waals surface area (Å²) >= 11 is 0. The van der Waals surface area contributed by atoms with Crippen molar-refractivity contribution < 1.29 is 4.74 Å². The molecule has 1 aliphatic rings. The van der Waals surface area contributed by atoms with E-state index < -0.39 is 0 Å². The third-order valence-corrected chi connectivity index (χ3v) is 3.17. The van der Waals surface area contributed by atoms with E-state index in [1.807, 2.05) is 18.2 Å². The number of nitrogens with zero attached hydrogens (tertiary/aromatic N) is 1. The molecule has 1 aromatic rings. The Balaban J connectivity index is 2.13. The van der Waals surface area contributed by atoms with Gasteiger partial charge in [-0.15, -0.1) is 0 Å². The second-order valence-corrected chi connectivity index (χ2v) is 4.21. The maximum absolute atomic E-state index is 8.84. The molecule has 0 bridgehead atoms. The van der Waals surface area contributed by atoms with Crippen molar-refractivity contribution in [3.05, 3.63) is 35.4 Å². The molecular formula is C13H16N2O. The van der Waals surface area contributed by atoms with Gasteiger partial charge in [0, 0.05) is 19.3 Å². The van der Waals surface area contributed by atoms with E-state index in [4.69, 9.17) is 15.7 Å². The normalized spacial score (nSPS) is 19.0. The Kier molecular flexibility index (Phi) is 3.55. The summed E-state index contributed by atoms with van der Waals surface area (Å²) in [6.07, 6.45) is 2.02. The van der Waals surface area contributed by atoms with E-state index in [-0.39, 0.29) is 6.04 Å². The summed E-state index contributed by atoms with van der Waals surface area (Å²) in [6.45, 7) is 1.60. The fourth-order valence-corrected chi connectivity index (χ4v) is 2.16. The van der Waals surface area contributed by atoms with Crippen LogP contribution in [0.5, 0.6) is 0 Å². The third kappa shape index (κ3) is 2.41. The zero-order valence-electron chi connectivity index (χ0n) is 9.23. The smallest absolute Gasteiger partial charge is 0.0991 e. The van der Waals surface area contributed by atoms with Gasteiger partial charge in [-0.05, 0) is 36.5 Å². The highest BCUT2D eigenvalue weighted by Gasteiger charge is 2.22. The fourth-order valence-electron chi connectivity index (χ4n) is 2.16. The van der Waals surface area contributed by atoms with Crippen molar-refractivity contribution in [3.63, 3.8) is 0 Å². The molecule has 1 fully saturated rings. The third-order valence-electron chi connectivity index (χ3n) is 3.17. The molecule has 3 heteroatoms. The second-order valence-electron chi connectivity index (χ2n) is 4.21. The van der Waals surface area contributed by atoms with Gasteiger partial charge in [-0.3, -0.25) is 0 Å². The number of ether oxygens (including phenoxy) is 1. The average Bonchev–Trinajstić information content (AvgIpc) is 2.39. The van der Waals surface area contributed by atoms with Crippen molar-refractivity contribution in [1.82, 2.24) is 0 Å². The molecule has 0 aliphatic carbocycles. The van der Waals surface area contributed by atoms with E-state index in [0.29, 0.717) is 11.5 Å². The van der Waals surface area contributed by atoms with Crippen LogP contribution in [0.2, 0.25) is 0 Å². The van der Waals surface area contributed by atoms with Gasteiger partial charge in [0.25, 0.3) is 0 Å². The van der Waals surface area contributed by atoms with Crippen molar-refractivity contribution >= 4 is 0 Å². The van der Waals surface area contributed by atoms with Gasteiger partial charge < -0.3 is 10.5 Å². The van der Waals surface area contributed by atoms with Gasteiger partial charge in [0.1, 0.15) is 0 Å². The first-order valence-electron chi connectivity index (χ1n) is 5.64. The number of benzene rings is 1. The van der Waals surface area contributed by atoms with E-state index in [2.05, 4.69) is 6.07 Å². The lowest BCUT2D eigenvalue weighted by Gasteiger charge is -2.27. The van der Waals surface area contributed by atoms with Crippen LogP contribution < -0.4 is 5.73 Å². The lowest BCUT2D eigenvalue weighted by molar-refractivity contribution is 0.0584. The first-order chi connectivity index (χ1) is 7.81. The molecule has 1 aromatic carbocycles. The molecule has 0 amide bonds. The van der Waals surface area contributed by atoms with Crippen LogP contribution in [0.15, 0.2) is 24.3 Å². The molecule has 84 valence electrons. The predicted octanol–water partition coefficient (Wildman–Crippen LogP) is 1.98. The fraction of sp³-hybridized carbons (Fsp3) is 0.462. The van der Waals surface area contributed by atoms with Crippen LogP contribution in [-0.2, 0) is 4.74 Å². The summed E-state index contributed by atoms with van der Waals surface area (Å²) in [4.78, 5) is 0. The van der Waals surface area contributed by atoms with Crippen LogP contribution >= 0.6 is 0 Å². The van der Waals surface area contributed by atoms with Gasteiger partial charge in [0.15, 0.2) is 0 Å². The molecule has 1 heterocycles. The molecule has 3 nitrogen and oxygen atoms in total. The first-order valence-corrected chi connectivity index (χ1v) is 5.64. The van der Waals surface area contributed by atoms with Crippen molar-refractivity contribution in [3.8, 4) is 6.07 Å². The summed E-state index contributed by atoms with van der Waals surface area (Å²) in [7, 11) is 0. The van der Waals surface area contributed by atoms with Gasteiger partial charge in [-0.1, -0.05) is 12.1 Å². The van der Waals surface area contributed by atoms with Gasteiger partial charge in [0.2, 0.25) is 0 Å². The zero-order chi connectivity index (χ0) is 11.4. The molecule has 0 spiro atoms. The quantitative estimate of drug-likeness (QED) is 0.822. The van der Waals surface area contributed by atoms with Crippen LogP contribution in [0.3, 0.4) is 0 Å². The van der Waals surface area contributed by atoms with Crippen LogP contribution in [0.4, 0.5) is 0 Å². The Morgan fingerprint density at radius 2 is 2.12 bits per heavy atom. The van der Waals surface area contributed by atoms with Crippen molar-refractivity contribution in [2.75, 3.05) is 13.2 Å². The number of nitriles is 1. The molecule has 1 saturated heterocycles. The monoisotopic (exact) mass is 216 g/mol. The number of rotatable bonds is 2. The largest absolute Gasteiger partial charge is 0.381 e. The van der Waals surface area contributed by atoms with E-state index >= 15 is 0 Å². The minimum absolute atomic E-state index is 0.0252. The zero-order valence-corrected chi connectivity index (χ0v) is 9.23. The first kappa shape index (κ1) is 11.1. The Morgan fingerprint density at radius 3 is 2.81 bits per heavy atom. The maximum Gasteiger partial charge on any atom is 0.0991 e. The molecule has 1 aliphatic heterocycles. The Bertz CT molecular complexity index is 391. The molecule has 2 rings (SSSR count). The van der Waals surface area contributed by atoms with Crippen LogP contribution in [0.25, 0.3) is 0 Å². The lowest BCUT2D eigenvalue weighted by atomic mass is 9.87. The van der Waals surface area contributed by atoms with Gasteiger partial charge in [-0.25, -0.2) is 0 Å². The van der Waals surface area contributed by atoms with Gasteiger partial charge >= 0.3 is 0 Å². The molecule has 1 atom stereocenters. The van der Waals surface area contributed by atoms with E-state index in [1.165, 1.54) is 0 Å². The highest BCUT2D eigenvalue weighted by atomic mass is 16.5. The minimum Gasteiger partial charge on any atom is -0.381 e. The molecule has 0 saturated carbocycles. The molecule has 0 unspecified atom stereocenters. The summed E-state index contributed by atoms with van der Waals surface area (Å²) in [6, 6.07) is 9.76. The summed E-state index contributed by atoms with van der Waals surface area (Å²) in [5.41, 5.74) is 7.97. The molecular weight excluding hydrogens is 200 g/mol. The number of hydrogen-bond acceptors (Lipinski definition) is 3. The Hall–Kier alpha value is -1.37.